The van der Waals surface area contributed by atoms with Gasteiger partial charge in [-0.2, -0.15) is 18.3 Å². The zero-order valence-electron chi connectivity index (χ0n) is 19.3. The summed E-state index contributed by atoms with van der Waals surface area (Å²) in [6.07, 6.45) is 1.56. The second-order valence-electron chi connectivity index (χ2n) is 8.30. The maximum atomic E-state index is 14.8. The Balaban J connectivity index is 1.74. The Hall–Kier alpha value is -3.49. The van der Waals surface area contributed by atoms with Gasteiger partial charge in [0.25, 0.3) is 0 Å². The lowest BCUT2D eigenvalue weighted by Gasteiger charge is -2.25. The van der Waals surface area contributed by atoms with Crippen LogP contribution >= 0.6 is 0 Å². The highest BCUT2D eigenvalue weighted by Gasteiger charge is 2.33. The summed E-state index contributed by atoms with van der Waals surface area (Å²) in [6.45, 7) is 3.56. The number of halogens is 5. The van der Waals surface area contributed by atoms with Crippen molar-refractivity contribution in [3.05, 3.63) is 83.4 Å². The number of rotatable bonds is 6. The molecule has 4 nitrogen and oxygen atoms in total. The van der Waals surface area contributed by atoms with Gasteiger partial charge in [-0.1, -0.05) is 25.1 Å². The summed E-state index contributed by atoms with van der Waals surface area (Å²) in [5.41, 5.74) is -0.332. The van der Waals surface area contributed by atoms with Crippen LogP contribution in [0, 0.1) is 5.82 Å². The number of benzene rings is 1. The van der Waals surface area contributed by atoms with E-state index in [1.807, 2.05) is 0 Å². The molecule has 1 unspecified atom stereocenters. The number of hydrogen-bond acceptors (Lipinski definition) is 3. The van der Waals surface area contributed by atoms with Crippen LogP contribution < -0.4 is 5.32 Å². The zero-order chi connectivity index (χ0) is 25.2. The van der Waals surface area contributed by atoms with E-state index in [0.717, 1.165) is 30.0 Å². The number of hydrogen-bond donors (Lipinski definition) is 1. The molecule has 4 rings (SSSR count). The number of alkyl halides is 3. The van der Waals surface area contributed by atoms with Gasteiger partial charge in [-0.05, 0) is 61.9 Å². The van der Waals surface area contributed by atoms with E-state index in [2.05, 4.69) is 15.4 Å². The highest BCUT2D eigenvalue weighted by Crippen LogP contribution is 2.36. The lowest BCUT2D eigenvalue weighted by molar-refractivity contribution is -0.0883. The fourth-order valence-electron chi connectivity index (χ4n) is 4.23. The van der Waals surface area contributed by atoms with Crippen molar-refractivity contribution >= 4 is 22.2 Å². The summed E-state index contributed by atoms with van der Waals surface area (Å²) in [6, 6.07) is 7.55. The van der Waals surface area contributed by atoms with Crippen molar-refractivity contribution in [2.75, 3.05) is 5.32 Å². The van der Waals surface area contributed by atoms with E-state index < -0.39 is 17.6 Å². The van der Waals surface area contributed by atoms with Gasteiger partial charge < -0.3 is 5.32 Å². The fourth-order valence-corrected chi connectivity index (χ4v) is 4.23. The van der Waals surface area contributed by atoms with E-state index in [1.165, 1.54) is 19.1 Å². The van der Waals surface area contributed by atoms with Crippen LogP contribution in [0.15, 0.2) is 66.2 Å². The molecule has 1 N–H and O–H groups in total. The van der Waals surface area contributed by atoms with Gasteiger partial charge in [0, 0.05) is 23.7 Å². The van der Waals surface area contributed by atoms with Crippen LogP contribution in [0.2, 0.25) is 0 Å². The van der Waals surface area contributed by atoms with Gasteiger partial charge in [-0.3, -0.25) is 4.68 Å². The number of aromatic nitrogens is 3. The third-order valence-corrected chi connectivity index (χ3v) is 5.91. The highest BCUT2D eigenvalue weighted by atomic mass is 19.4. The van der Waals surface area contributed by atoms with Crippen LogP contribution in [0.25, 0.3) is 16.3 Å². The minimum Gasteiger partial charge on any atom is -0.361 e. The lowest BCUT2D eigenvalue weighted by atomic mass is 10.0. The molecule has 0 radical (unpaired) electrons. The van der Waals surface area contributed by atoms with Gasteiger partial charge in [-0.15, -0.1) is 0 Å². The Labute approximate surface area is 199 Å². The average Bonchev–Trinajstić information content (AvgIpc) is 3.26. The number of nitrogens with zero attached hydrogens (tertiary/aromatic N) is 3. The minimum atomic E-state index is -4.62. The average molecular weight is 489 g/mol. The molecule has 3 aromatic rings. The first-order chi connectivity index (χ1) is 16.7. The number of aryl methyl sites for hydroxylation is 1. The molecule has 0 saturated heterocycles. The molecule has 9 heteroatoms. The predicted molar refractivity (Wildman–Crippen MR) is 127 cm³/mol. The van der Waals surface area contributed by atoms with Gasteiger partial charge in [-0.25, -0.2) is 13.8 Å². The molecule has 1 aromatic carbocycles. The third kappa shape index (κ3) is 5.28. The Morgan fingerprint density at radius 1 is 1.23 bits per heavy atom. The Morgan fingerprint density at radius 2 is 2.03 bits per heavy atom. The quantitative estimate of drug-likeness (QED) is 0.286. The summed E-state index contributed by atoms with van der Waals surface area (Å²) in [5.74, 6) is -0.687. The summed E-state index contributed by atoms with van der Waals surface area (Å²) in [4.78, 5) is 4.36. The molecule has 0 aliphatic carbocycles. The molecular weight excluding hydrogens is 463 g/mol. The number of allylic oxidation sites excluding steroid dienone is 6. The topological polar surface area (TPSA) is 42.7 Å². The van der Waals surface area contributed by atoms with Crippen molar-refractivity contribution in [3.8, 4) is 0 Å². The van der Waals surface area contributed by atoms with Crippen molar-refractivity contribution in [1.29, 1.82) is 0 Å². The normalized spacial score (nSPS) is 17.6. The number of nitrogens with one attached hydrogen (secondary N) is 1. The fraction of sp³-hybridized carbons (Fsp3) is 0.308. The van der Waals surface area contributed by atoms with Gasteiger partial charge in [0.15, 0.2) is 0 Å². The Kier molecular flexibility index (Phi) is 7.05. The molecule has 35 heavy (non-hydrogen) atoms. The van der Waals surface area contributed by atoms with Crippen LogP contribution in [-0.4, -0.2) is 20.9 Å². The molecule has 2 aromatic heterocycles. The summed E-state index contributed by atoms with van der Waals surface area (Å²) < 4.78 is 70.9. The smallest absolute Gasteiger partial charge is 0.361 e. The number of fused-ring (bicyclic) bond motifs is 2. The molecule has 0 bridgehead atoms. The van der Waals surface area contributed by atoms with E-state index >= 15 is 0 Å². The highest BCUT2D eigenvalue weighted by molar-refractivity contribution is 5.91. The van der Waals surface area contributed by atoms with Crippen LogP contribution in [0.4, 0.5) is 27.8 Å². The van der Waals surface area contributed by atoms with Gasteiger partial charge in [0.1, 0.15) is 17.5 Å². The van der Waals surface area contributed by atoms with Crippen LogP contribution in [0.1, 0.15) is 50.5 Å². The SMILES string of the molecule is C\C=C(F)/C(=C\C(=C\CC)C(F)(F)F)c1cc2n(n1)CCCC2Nc1nccc2ccc(F)cc12. The minimum absolute atomic E-state index is 0.118. The first kappa shape index (κ1) is 24.6. The predicted octanol–water partition coefficient (Wildman–Crippen LogP) is 7.67. The maximum absolute atomic E-state index is 14.8. The molecule has 0 spiro atoms. The van der Waals surface area contributed by atoms with Crippen molar-refractivity contribution in [2.45, 2.75) is 51.9 Å². The van der Waals surface area contributed by atoms with Gasteiger partial charge >= 0.3 is 6.18 Å². The second kappa shape index (κ2) is 10.0. The third-order valence-electron chi connectivity index (χ3n) is 5.91. The number of anilines is 1. The van der Waals surface area contributed by atoms with Gasteiger partial charge in [0.2, 0.25) is 0 Å². The molecule has 0 amide bonds. The Bertz CT molecular complexity index is 1320. The molecule has 1 aliphatic rings. The standard InChI is InChI=1S/C26H25F5N4/c1-3-6-17(26(29,30)31)13-20(21(28)4-2)23-15-24-22(7-5-12-35(24)34-23)33-25-19-14-18(27)9-8-16(19)10-11-32-25/h4,6,8-11,13-15,22H,3,5,7,12H2,1-2H3,(H,32,33)/b17-6-,20-13+,21-4+. The zero-order valence-corrected chi connectivity index (χ0v) is 19.3. The van der Waals surface area contributed by atoms with E-state index in [4.69, 9.17) is 0 Å². The summed E-state index contributed by atoms with van der Waals surface area (Å²) >= 11 is 0. The van der Waals surface area contributed by atoms with E-state index in [-0.39, 0.29) is 29.5 Å². The second-order valence-corrected chi connectivity index (χ2v) is 8.30. The van der Waals surface area contributed by atoms with Crippen molar-refractivity contribution < 1.29 is 22.0 Å². The molecular formula is C26H25F5N4. The molecule has 184 valence electrons. The van der Waals surface area contributed by atoms with Gasteiger partial charge in [0.05, 0.1) is 23.0 Å². The van der Waals surface area contributed by atoms with Crippen LogP contribution in [-0.2, 0) is 6.54 Å². The van der Waals surface area contributed by atoms with Crippen molar-refractivity contribution in [2.24, 2.45) is 0 Å². The first-order valence-electron chi connectivity index (χ1n) is 11.4. The first-order valence-corrected chi connectivity index (χ1v) is 11.4. The molecule has 0 fully saturated rings. The molecule has 1 aliphatic heterocycles. The van der Waals surface area contributed by atoms with Crippen molar-refractivity contribution in [3.63, 3.8) is 0 Å². The maximum Gasteiger partial charge on any atom is 0.416 e. The molecule has 3 heterocycles. The van der Waals surface area contributed by atoms with Crippen LogP contribution in [0.3, 0.4) is 0 Å². The van der Waals surface area contributed by atoms with E-state index in [0.29, 0.717) is 29.9 Å². The van der Waals surface area contributed by atoms with Crippen LogP contribution in [0.5, 0.6) is 0 Å². The largest absolute Gasteiger partial charge is 0.416 e. The number of pyridine rings is 1. The molecule has 0 saturated carbocycles. The summed E-state index contributed by atoms with van der Waals surface area (Å²) in [7, 11) is 0. The van der Waals surface area contributed by atoms with E-state index in [9.17, 15) is 22.0 Å². The van der Waals surface area contributed by atoms with E-state index in [1.54, 1.807) is 36.0 Å². The lowest BCUT2D eigenvalue weighted by Crippen LogP contribution is -2.22. The Morgan fingerprint density at radius 3 is 2.74 bits per heavy atom. The molecule has 1 atom stereocenters. The monoisotopic (exact) mass is 488 g/mol. The van der Waals surface area contributed by atoms with Crippen molar-refractivity contribution in [1.82, 2.24) is 14.8 Å². The summed E-state index contributed by atoms with van der Waals surface area (Å²) in [5, 5.41) is 9.20.